The summed E-state index contributed by atoms with van der Waals surface area (Å²) in [5.41, 5.74) is -3.88. The molecule has 2 unspecified atom stereocenters. The molecule has 0 saturated heterocycles. The molecule has 180 valence electrons. The Bertz CT molecular complexity index is 1030. The molecule has 3 N–H and O–H groups in total. The summed E-state index contributed by atoms with van der Waals surface area (Å²) in [6, 6.07) is -0.704. The normalized spacial score (nSPS) is 23.0. The van der Waals surface area contributed by atoms with Gasteiger partial charge in [-0.15, -0.1) is 0 Å². The SMILES string of the molecule is COc1ccc([C@H](NC2=CC(F)=CC3NC(=O)C=CC23)[C@](O)(CSC)C(F)(F)F)c(Cl)c1F. The zero-order chi connectivity index (χ0) is 24.6. The van der Waals surface area contributed by atoms with E-state index in [0.29, 0.717) is 11.8 Å². The van der Waals surface area contributed by atoms with E-state index in [-0.39, 0.29) is 11.4 Å². The second kappa shape index (κ2) is 9.55. The summed E-state index contributed by atoms with van der Waals surface area (Å²) in [6.45, 7) is 0. The fourth-order valence-corrected chi connectivity index (χ4v) is 4.79. The van der Waals surface area contributed by atoms with Crippen LogP contribution in [0.1, 0.15) is 11.6 Å². The van der Waals surface area contributed by atoms with Crippen molar-refractivity contribution in [3.63, 3.8) is 0 Å². The quantitative estimate of drug-likeness (QED) is 0.480. The molecular weight excluding hydrogens is 491 g/mol. The second-order valence-electron chi connectivity index (χ2n) is 7.49. The van der Waals surface area contributed by atoms with E-state index in [9.17, 15) is 31.9 Å². The van der Waals surface area contributed by atoms with Gasteiger partial charge in [0.25, 0.3) is 0 Å². The number of allylic oxidation sites excluding steroid dienone is 2. The summed E-state index contributed by atoms with van der Waals surface area (Å²) in [5, 5.41) is 15.3. The van der Waals surface area contributed by atoms with Gasteiger partial charge in [-0.3, -0.25) is 4.79 Å². The number of carbonyl (C=O) groups excluding carboxylic acids is 1. The molecule has 33 heavy (non-hydrogen) atoms. The minimum absolute atomic E-state index is 0.0580. The van der Waals surface area contributed by atoms with Crippen molar-refractivity contribution in [3.8, 4) is 5.75 Å². The number of hydrogen-bond acceptors (Lipinski definition) is 5. The number of hydrogen-bond donors (Lipinski definition) is 3. The van der Waals surface area contributed by atoms with Crippen LogP contribution >= 0.6 is 23.4 Å². The van der Waals surface area contributed by atoms with Crippen LogP contribution < -0.4 is 15.4 Å². The van der Waals surface area contributed by atoms with E-state index in [4.69, 9.17) is 16.3 Å². The van der Waals surface area contributed by atoms with Crippen molar-refractivity contribution in [3.05, 3.63) is 64.4 Å². The number of aliphatic hydroxyl groups is 1. The predicted octanol–water partition coefficient (Wildman–Crippen LogP) is 4.20. The lowest BCUT2D eigenvalue weighted by atomic mass is 9.84. The van der Waals surface area contributed by atoms with Crippen LogP contribution in [0.5, 0.6) is 5.75 Å². The summed E-state index contributed by atoms with van der Waals surface area (Å²) in [6.07, 6.45) is 0.832. The van der Waals surface area contributed by atoms with Gasteiger partial charge in [0.1, 0.15) is 5.83 Å². The van der Waals surface area contributed by atoms with Crippen molar-refractivity contribution in [2.75, 3.05) is 19.1 Å². The molecule has 0 bridgehead atoms. The van der Waals surface area contributed by atoms with E-state index < -0.39 is 63.7 Å². The van der Waals surface area contributed by atoms with E-state index in [1.807, 2.05) is 0 Å². The maximum absolute atomic E-state index is 14.7. The molecule has 0 fully saturated rings. The Morgan fingerprint density at radius 3 is 2.64 bits per heavy atom. The number of halogens is 6. The molecule has 4 atom stereocenters. The van der Waals surface area contributed by atoms with Gasteiger partial charge < -0.3 is 20.5 Å². The van der Waals surface area contributed by atoms with Crippen LogP contribution in [0.25, 0.3) is 0 Å². The Morgan fingerprint density at radius 2 is 2.03 bits per heavy atom. The molecule has 0 saturated carbocycles. The highest BCUT2D eigenvalue weighted by molar-refractivity contribution is 7.98. The van der Waals surface area contributed by atoms with Crippen LogP contribution in [0.3, 0.4) is 0 Å². The molecule has 1 aliphatic heterocycles. The number of alkyl halides is 3. The predicted molar refractivity (Wildman–Crippen MR) is 115 cm³/mol. The number of carbonyl (C=O) groups is 1. The minimum atomic E-state index is -5.17. The number of rotatable bonds is 7. The van der Waals surface area contributed by atoms with Crippen LogP contribution in [-0.2, 0) is 4.79 Å². The molecule has 0 aromatic heterocycles. The van der Waals surface area contributed by atoms with Crippen molar-refractivity contribution in [1.29, 1.82) is 0 Å². The molecule has 12 heteroatoms. The first-order valence-electron chi connectivity index (χ1n) is 9.57. The highest BCUT2D eigenvalue weighted by Gasteiger charge is 2.59. The summed E-state index contributed by atoms with van der Waals surface area (Å²) in [5.74, 6) is -4.29. The third-order valence-corrected chi connectivity index (χ3v) is 6.51. The van der Waals surface area contributed by atoms with E-state index in [2.05, 4.69) is 10.6 Å². The molecule has 1 amide bonds. The first kappa shape index (κ1) is 25.4. The number of methoxy groups -OCH3 is 1. The second-order valence-corrected chi connectivity index (χ2v) is 8.73. The minimum Gasteiger partial charge on any atom is -0.494 e. The van der Waals surface area contributed by atoms with Gasteiger partial charge >= 0.3 is 6.18 Å². The van der Waals surface area contributed by atoms with Crippen LogP contribution in [-0.4, -0.2) is 48.0 Å². The molecule has 0 spiro atoms. The third kappa shape index (κ3) is 4.85. The Balaban J connectivity index is 2.16. The van der Waals surface area contributed by atoms with Gasteiger partial charge in [0.2, 0.25) is 5.91 Å². The van der Waals surface area contributed by atoms with E-state index >= 15 is 0 Å². The highest BCUT2D eigenvalue weighted by Crippen LogP contribution is 2.46. The van der Waals surface area contributed by atoms with Crippen molar-refractivity contribution in [2.24, 2.45) is 5.92 Å². The van der Waals surface area contributed by atoms with Gasteiger partial charge in [-0.1, -0.05) is 23.7 Å². The summed E-state index contributed by atoms with van der Waals surface area (Å²) in [7, 11) is 1.16. The number of benzene rings is 1. The number of thioether (sulfide) groups is 1. The van der Waals surface area contributed by atoms with Gasteiger partial charge in [0.15, 0.2) is 17.2 Å². The zero-order valence-corrected chi connectivity index (χ0v) is 18.9. The lowest BCUT2D eigenvalue weighted by Crippen LogP contribution is -2.57. The number of ether oxygens (including phenoxy) is 1. The molecule has 1 aromatic carbocycles. The van der Waals surface area contributed by atoms with Gasteiger partial charge in [-0.05, 0) is 36.1 Å². The van der Waals surface area contributed by atoms with Crippen molar-refractivity contribution in [2.45, 2.75) is 23.9 Å². The largest absolute Gasteiger partial charge is 0.494 e. The molecular formula is C21H20ClF5N2O3S. The van der Waals surface area contributed by atoms with Crippen molar-refractivity contribution < 1.29 is 36.6 Å². The molecule has 1 aromatic rings. The first-order chi connectivity index (χ1) is 15.4. The number of fused-ring (bicyclic) bond motifs is 1. The molecule has 1 aliphatic carbocycles. The summed E-state index contributed by atoms with van der Waals surface area (Å²) in [4.78, 5) is 11.6. The number of amides is 1. The maximum Gasteiger partial charge on any atom is 0.420 e. The zero-order valence-electron chi connectivity index (χ0n) is 17.3. The average molecular weight is 511 g/mol. The van der Waals surface area contributed by atoms with Gasteiger partial charge in [0, 0.05) is 17.4 Å². The Labute approximate surface area is 195 Å². The molecule has 0 radical (unpaired) electrons. The van der Waals surface area contributed by atoms with E-state index in [1.165, 1.54) is 18.4 Å². The molecule has 3 rings (SSSR count). The maximum atomic E-state index is 14.7. The van der Waals surface area contributed by atoms with Crippen LogP contribution in [0, 0.1) is 11.7 Å². The standard InChI is InChI=1S/C21H20ClF5N2O3S/c1-32-15-5-3-12(17(22)18(15)24)19(20(31,9-33-2)21(25,26)27)29-14-8-10(23)7-13-11(14)4-6-16(30)28-13/h3-8,11,13,19,29,31H,9H2,1-2H3,(H,28,30)/t11?,13?,19-,20+/m0/s1. The molecule has 1 heterocycles. The fourth-order valence-electron chi connectivity index (χ4n) is 3.75. The Kier molecular flexibility index (Phi) is 7.35. The van der Waals surface area contributed by atoms with Gasteiger partial charge in [-0.2, -0.15) is 24.9 Å². The molecule has 2 aliphatic rings. The lowest BCUT2D eigenvalue weighted by Gasteiger charge is -2.41. The van der Waals surface area contributed by atoms with Crippen molar-refractivity contribution in [1.82, 2.24) is 10.6 Å². The van der Waals surface area contributed by atoms with Crippen LogP contribution in [0.2, 0.25) is 5.02 Å². The summed E-state index contributed by atoms with van der Waals surface area (Å²) < 4.78 is 76.3. The average Bonchev–Trinajstić information content (AvgIpc) is 2.73. The first-order valence-corrected chi connectivity index (χ1v) is 11.3. The topological polar surface area (TPSA) is 70.6 Å². The van der Waals surface area contributed by atoms with Gasteiger partial charge in [0.05, 0.1) is 24.2 Å². The smallest absolute Gasteiger partial charge is 0.420 e. The lowest BCUT2D eigenvalue weighted by molar-refractivity contribution is -0.261. The molecule has 5 nitrogen and oxygen atoms in total. The van der Waals surface area contributed by atoms with Crippen LogP contribution in [0.4, 0.5) is 22.0 Å². The van der Waals surface area contributed by atoms with E-state index in [0.717, 1.165) is 31.4 Å². The van der Waals surface area contributed by atoms with Crippen molar-refractivity contribution >= 4 is 29.3 Å². The highest BCUT2D eigenvalue weighted by atomic mass is 35.5. The van der Waals surface area contributed by atoms with Crippen LogP contribution in [0.15, 0.2) is 48.0 Å². The fraction of sp³-hybridized carbons (Fsp3) is 0.381. The number of nitrogens with one attached hydrogen (secondary N) is 2. The Morgan fingerprint density at radius 1 is 1.33 bits per heavy atom. The third-order valence-electron chi connectivity index (χ3n) is 5.39. The van der Waals surface area contributed by atoms with E-state index in [1.54, 1.807) is 0 Å². The summed E-state index contributed by atoms with van der Waals surface area (Å²) >= 11 is 6.79. The Hall–Kier alpha value is -2.24. The van der Waals surface area contributed by atoms with Gasteiger partial charge in [-0.25, -0.2) is 8.78 Å². The monoisotopic (exact) mass is 510 g/mol.